The molecule has 3 rings (SSSR count). The highest BCUT2D eigenvalue weighted by molar-refractivity contribution is 5.97. The summed E-state index contributed by atoms with van der Waals surface area (Å²) in [6.07, 6.45) is -10.1. The first-order chi connectivity index (χ1) is 17.5. The zero-order chi connectivity index (χ0) is 29.0. The number of benzene rings is 1. The van der Waals surface area contributed by atoms with Crippen molar-refractivity contribution in [1.29, 1.82) is 0 Å². The van der Waals surface area contributed by atoms with Gasteiger partial charge < -0.3 is 14.9 Å². The number of carbonyl (C=O) groups excluding carboxylic acids is 2. The van der Waals surface area contributed by atoms with E-state index in [1.54, 1.807) is 4.90 Å². The fraction of sp³-hybridized carbons (Fsp3) is 0.409. The van der Waals surface area contributed by atoms with E-state index in [1.165, 1.54) is 17.0 Å². The Balaban J connectivity index is 0.000000638. The van der Waals surface area contributed by atoms with Gasteiger partial charge in [-0.1, -0.05) is 6.07 Å². The number of H-pyrrole nitrogens is 1. The number of hydrogen-bond acceptors (Lipinski definition) is 5. The van der Waals surface area contributed by atoms with Crippen LogP contribution in [0, 0.1) is 12.7 Å². The van der Waals surface area contributed by atoms with Crippen molar-refractivity contribution in [1.82, 2.24) is 20.0 Å². The molecule has 0 spiro atoms. The number of piperazine rings is 1. The van der Waals surface area contributed by atoms with E-state index in [-0.39, 0.29) is 42.2 Å². The van der Waals surface area contributed by atoms with Crippen molar-refractivity contribution in [3.8, 4) is 0 Å². The number of aromatic amines is 1. The Bertz CT molecular complexity index is 1270. The molecule has 2 amide bonds. The van der Waals surface area contributed by atoms with Gasteiger partial charge in [0, 0.05) is 26.1 Å². The molecule has 1 fully saturated rings. The number of carboxylic acid groups (broad SMARTS) is 1. The highest BCUT2D eigenvalue weighted by Crippen LogP contribution is 2.30. The molecule has 0 unspecified atom stereocenters. The number of rotatable bonds is 4. The van der Waals surface area contributed by atoms with Crippen LogP contribution in [-0.2, 0) is 22.2 Å². The molecule has 208 valence electrons. The molecule has 1 aliphatic rings. The molecule has 1 aliphatic heterocycles. The lowest BCUT2D eigenvalue weighted by Crippen LogP contribution is -2.52. The molecule has 9 nitrogen and oxygen atoms in total. The molecule has 1 aromatic heterocycles. The van der Waals surface area contributed by atoms with E-state index in [0.29, 0.717) is 18.7 Å². The molecule has 0 atom stereocenters. The van der Waals surface area contributed by atoms with Crippen molar-refractivity contribution in [3.63, 3.8) is 0 Å². The summed E-state index contributed by atoms with van der Waals surface area (Å²) in [5, 5.41) is 12.6. The quantitative estimate of drug-likeness (QED) is 0.561. The summed E-state index contributed by atoms with van der Waals surface area (Å²) in [6.45, 7) is 3.87. The summed E-state index contributed by atoms with van der Waals surface area (Å²) in [5.41, 5.74) is -3.03. The SMILES string of the molecule is CCN1CCN(C(=O)c2cc(Cc3n[nH]c(=O)c(C(F)(F)F)c3C)ccc2F)CC1=O.O=C(O)C(F)(F)F. The van der Waals surface area contributed by atoms with Crippen LogP contribution in [0.5, 0.6) is 0 Å². The Hall–Kier alpha value is -3.98. The summed E-state index contributed by atoms with van der Waals surface area (Å²) in [7, 11) is 0. The van der Waals surface area contributed by atoms with Gasteiger partial charge >= 0.3 is 18.3 Å². The standard InChI is InChI=1S/C20H20F4N4O3.C2HF3O2/c1-3-27-6-7-28(10-16(27)29)19(31)13-8-12(4-5-14(13)21)9-15-11(2)17(20(22,23)24)18(30)26-25-15;3-2(4,5)1(6)7/h4-5,8H,3,6-7,9-10H2,1-2H3,(H,26,30);(H,6,7). The van der Waals surface area contributed by atoms with E-state index in [1.807, 2.05) is 12.0 Å². The molecule has 0 bridgehead atoms. The summed E-state index contributed by atoms with van der Waals surface area (Å²) >= 11 is 0. The third kappa shape index (κ3) is 7.29. The van der Waals surface area contributed by atoms with Crippen LogP contribution in [-0.4, -0.2) is 75.2 Å². The number of amides is 2. The molecule has 2 N–H and O–H groups in total. The summed E-state index contributed by atoms with van der Waals surface area (Å²) in [4.78, 5) is 48.1. The number of alkyl halides is 6. The average molecular weight is 554 g/mol. The predicted molar refractivity (Wildman–Crippen MR) is 116 cm³/mol. The van der Waals surface area contributed by atoms with Crippen molar-refractivity contribution in [2.45, 2.75) is 32.6 Å². The molecule has 0 aliphatic carbocycles. The van der Waals surface area contributed by atoms with Crippen molar-refractivity contribution in [2.24, 2.45) is 0 Å². The monoisotopic (exact) mass is 554 g/mol. The van der Waals surface area contributed by atoms with Crippen LogP contribution in [0.1, 0.15) is 39.7 Å². The van der Waals surface area contributed by atoms with Crippen LogP contribution in [0.2, 0.25) is 0 Å². The Morgan fingerprint density at radius 3 is 2.21 bits per heavy atom. The molecular formula is C22H21F7N4O5. The van der Waals surface area contributed by atoms with Gasteiger partial charge in [0.2, 0.25) is 5.91 Å². The van der Waals surface area contributed by atoms with Gasteiger partial charge in [0.1, 0.15) is 17.9 Å². The first-order valence-corrected chi connectivity index (χ1v) is 10.8. The summed E-state index contributed by atoms with van der Waals surface area (Å²) in [5.74, 6) is -4.48. The molecule has 0 radical (unpaired) electrons. The van der Waals surface area contributed by atoms with Crippen LogP contribution in [0.3, 0.4) is 0 Å². The molecule has 1 saturated heterocycles. The maximum atomic E-state index is 14.4. The lowest BCUT2D eigenvalue weighted by molar-refractivity contribution is -0.192. The molecular weight excluding hydrogens is 533 g/mol. The van der Waals surface area contributed by atoms with Crippen LogP contribution < -0.4 is 5.56 Å². The van der Waals surface area contributed by atoms with E-state index in [0.717, 1.165) is 13.0 Å². The first kappa shape index (κ1) is 30.2. The molecule has 2 aromatic rings. The number of hydrogen-bond donors (Lipinski definition) is 2. The van der Waals surface area contributed by atoms with E-state index in [9.17, 15) is 45.1 Å². The van der Waals surface area contributed by atoms with Gasteiger partial charge in [0.25, 0.3) is 11.5 Å². The number of halogens is 7. The van der Waals surface area contributed by atoms with E-state index < -0.39 is 41.2 Å². The maximum Gasteiger partial charge on any atom is 0.490 e. The van der Waals surface area contributed by atoms with Gasteiger partial charge in [-0.2, -0.15) is 31.4 Å². The third-order valence-electron chi connectivity index (χ3n) is 5.47. The van der Waals surface area contributed by atoms with Gasteiger partial charge in [0.05, 0.1) is 11.3 Å². The summed E-state index contributed by atoms with van der Waals surface area (Å²) in [6, 6.07) is 3.60. The van der Waals surface area contributed by atoms with Crippen molar-refractivity contribution in [2.75, 3.05) is 26.2 Å². The Morgan fingerprint density at radius 2 is 1.71 bits per heavy atom. The van der Waals surface area contributed by atoms with Crippen molar-refractivity contribution in [3.05, 3.63) is 62.3 Å². The molecule has 16 heteroatoms. The van der Waals surface area contributed by atoms with Crippen LogP contribution in [0.15, 0.2) is 23.0 Å². The predicted octanol–water partition coefficient (Wildman–Crippen LogP) is 2.76. The Labute approximate surface area is 209 Å². The smallest absolute Gasteiger partial charge is 0.475 e. The second kappa shape index (κ2) is 11.6. The number of nitrogens with one attached hydrogen (secondary N) is 1. The molecule has 1 aromatic carbocycles. The average Bonchev–Trinajstić information content (AvgIpc) is 2.80. The fourth-order valence-corrected chi connectivity index (χ4v) is 3.51. The highest BCUT2D eigenvalue weighted by atomic mass is 19.4. The normalized spacial score (nSPS) is 14.2. The van der Waals surface area contributed by atoms with Gasteiger partial charge in [-0.25, -0.2) is 14.3 Å². The number of aliphatic carboxylic acids is 1. The zero-order valence-corrected chi connectivity index (χ0v) is 19.8. The lowest BCUT2D eigenvalue weighted by atomic mass is 10.0. The number of carbonyl (C=O) groups is 3. The Morgan fingerprint density at radius 1 is 1.11 bits per heavy atom. The van der Waals surface area contributed by atoms with Gasteiger partial charge in [-0.05, 0) is 37.1 Å². The largest absolute Gasteiger partial charge is 0.490 e. The lowest BCUT2D eigenvalue weighted by Gasteiger charge is -2.33. The third-order valence-corrected chi connectivity index (χ3v) is 5.47. The molecule has 0 saturated carbocycles. The van der Waals surface area contributed by atoms with Crippen molar-refractivity contribution >= 4 is 17.8 Å². The van der Waals surface area contributed by atoms with Crippen LogP contribution in [0.25, 0.3) is 0 Å². The minimum Gasteiger partial charge on any atom is -0.475 e. The second-order valence-electron chi connectivity index (χ2n) is 7.99. The number of nitrogens with zero attached hydrogens (tertiary/aromatic N) is 3. The van der Waals surface area contributed by atoms with Gasteiger partial charge in [-0.15, -0.1) is 0 Å². The van der Waals surface area contributed by atoms with E-state index >= 15 is 0 Å². The van der Waals surface area contributed by atoms with E-state index in [2.05, 4.69) is 5.10 Å². The second-order valence-corrected chi connectivity index (χ2v) is 7.99. The highest BCUT2D eigenvalue weighted by Gasteiger charge is 2.38. The summed E-state index contributed by atoms with van der Waals surface area (Å²) < 4.78 is 85.6. The van der Waals surface area contributed by atoms with Crippen LogP contribution >= 0.6 is 0 Å². The van der Waals surface area contributed by atoms with Gasteiger partial charge in [0.15, 0.2) is 0 Å². The molecule has 38 heavy (non-hydrogen) atoms. The van der Waals surface area contributed by atoms with Crippen molar-refractivity contribution < 1.29 is 50.2 Å². The number of likely N-dealkylation sites (N-methyl/N-ethyl adjacent to an activating group) is 1. The number of carboxylic acids is 1. The van der Waals surface area contributed by atoms with Gasteiger partial charge in [-0.3, -0.25) is 14.4 Å². The minimum absolute atomic E-state index is 0.0522. The van der Waals surface area contributed by atoms with E-state index in [4.69, 9.17) is 9.90 Å². The topological polar surface area (TPSA) is 124 Å². The maximum absolute atomic E-state index is 14.4. The number of aromatic nitrogens is 2. The Kier molecular flexibility index (Phi) is 9.23. The zero-order valence-electron chi connectivity index (χ0n) is 19.8. The fourth-order valence-electron chi connectivity index (χ4n) is 3.51. The molecule has 2 heterocycles. The first-order valence-electron chi connectivity index (χ1n) is 10.8. The van der Waals surface area contributed by atoms with Crippen LogP contribution in [0.4, 0.5) is 30.7 Å². The minimum atomic E-state index is -5.08.